The van der Waals surface area contributed by atoms with Crippen molar-refractivity contribution >= 4 is 11.6 Å². The van der Waals surface area contributed by atoms with Gasteiger partial charge in [0.25, 0.3) is 0 Å². The number of methoxy groups -OCH3 is 1. The van der Waals surface area contributed by atoms with Crippen molar-refractivity contribution in [3.8, 4) is 39.8 Å². The average Bonchev–Trinajstić information content (AvgIpc) is 2.95. The molecule has 0 bridgehead atoms. The van der Waals surface area contributed by atoms with Gasteiger partial charge in [-0.05, 0) is 78.9 Å². The van der Waals surface area contributed by atoms with Gasteiger partial charge in [-0.3, -0.25) is 4.90 Å². The lowest BCUT2D eigenvalue weighted by molar-refractivity contribution is 0.0322. The van der Waals surface area contributed by atoms with Gasteiger partial charge in [-0.2, -0.15) is 0 Å². The largest absolute Gasteiger partial charge is 0.508 e. The molecule has 2 heterocycles. The van der Waals surface area contributed by atoms with Crippen molar-refractivity contribution in [2.24, 2.45) is 0 Å². The first-order valence-electron chi connectivity index (χ1n) is 12.3. The molecule has 190 valence electrons. The number of aromatic nitrogens is 2. The molecule has 3 aromatic carbocycles. The van der Waals surface area contributed by atoms with E-state index < -0.39 is 0 Å². The van der Waals surface area contributed by atoms with Crippen LogP contribution in [-0.4, -0.2) is 66.5 Å². The number of hydrogen-bond donors (Lipinski definition) is 2. The Labute approximate surface area is 216 Å². The Balaban J connectivity index is 1.33. The van der Waals surface area contributed by atoms with Crippen molar-refractivity contribution < 1.29 is 19.3 Å². The molecule has 5 rings (SSSR count). The Kier molecular flexibility index (Phi) is 7.78. The number of aromatic hydroxyl groups is 1. The van der Waals surface area contributed by atoms with E-state index in [2.05, 4.69) is 10.2 Å². The van der Waals surface area contributed by atoms with Gasteiger partial charge in [0, 0.05) is 36.4 Å². The van der Waals surface area contributed by atoms with E-state index in [1.165, 1.54) is 0 Å². The van der Waals surface area contributed by atoms with Gasteiger partial charge >= 0.3 is 0 Å². The third-order valence-electron chi connectivity index (χ3n) is 6.17. The molecule has 2 N–H and O–H groups in total. The van der Waals surface area contributed by atoms with Crippen LogP contribution in [0, 0.1) is 0 Å². The third kappa shape index (κ3) is 6.55. The minimum Gasteiger partial charge on any atom is -0.508 e. The molecule has 0 unspecified atom stereocenters. The van der Waals surface area contributed by atoms with Crippen molar-refractivity contribution in [1.29, 1.82) is 0 Å². The van der Waals surface area contributed by atoms with E-state index in [1.54, 1.807) is 19.2 Å². The predicted octanol–water partition coefficient (Wildman–Crippen LogP) is 4.98. The summed E-state index contributed by atoms with van der Waals surface area (Å²) in [5, 5.41) is 13.0. The van der Waals surface area contributed by atoms with Crippen LogP contribution in [0.2, 0.25) is 0 Å². The molecular weight excluding hydrogens is 468 g/mol. The second-order valence-corrected chi connectivity index (χ2v) is 8.69. The fourth-order valence-corrected chi connectivity index (χ4v) is 4.07. The average molecular weight is 499 g/mol. The zero-order chi connectivity index (χ0) is 25.5. The second-order valence-electron chi connectivity index (χ2n) is 8.69. The van der Waals surface area contributed by atoms with Crippen molar-refractivity contribution in [2.75, 3.05) is 51.9 Å². The molecule has 1 aliphatic rings. The highest BCUT2D eigenvalue weighted by Gasteiger charge is 2.11. The topological polar surface area (TPSA) is 89.0 Å². The van der Waals surface area contributed by atoms with Crippen LogP contribution in [0.15, 0.2) is 78.9 Å². The Hall–Kier alpha value is -4.14. The van der Waals surface area contributed by atoms with Gasteiger partial charge in [0.2, 0.25) is 5.95 Å². The SMILES string of the molecule is COc1ccc(-c2cc(-c3ccc(O)cc3)nc(Nc3ccc(OCCN4CCOCC4)cc3)n2)cc1. The predicted molar refractivity (Wildman–Crippen MR) is 144 cm³/mol. The second kappa shape index (κ2) is 11.7. The molecule has 0 amide bonds. The van der Waals surface area contributed by atoms with Gasteiger partial charge in [0.15, 0.2) is 0 Å². The molecule has 0 atom stereocenters. The fourth-order valence-electron chi connectivity index (χ4n) is 4.07. The molecule has 0 radical (unpaired) electrons. The van der Waals surface area contributed by atoms with Crippen LogP contribution in [-0.2, 0) is 4.74 Å². The van der Waals surface area contributed by atoms with Crippen molar-refractivity contribution in [1.82, 2.24) is 14.9 Å². The number of phenols is 1. The first-order valence-corrected chi connectivity index (χ1v) is 12.3. The van der Waals surface area contributed by atoms with Gasteiger partial charge < -0.3 is 24.6 Å². The fraction of sp³-hybridized carbons (Fsp3) is 0.241. The molecule has 1 aromatic heterocycles. The number of morpholine rings is 1. The lowest BCUT2D eigenvalue weighted by atomic mass is 10.1. The Morgan fingerprint density at radius 3 is 2.05 bits per heavy atom. The van der Waals surface area contributed by atoms with E-state index in [1.807, 2.05) is 66.7 Å². The van der Waals surface area contributed by atoms with Crippen LogP contribution in [0.1, 0.15) is 0 Å². The van der Waals surface area contributed by atoms with Crippen LogP contribution in [0.4, 0.5) is 11.6 Å². The molecule has 8 nitrogen and oxygen atoms in total. The minimum atomic E-state index is 0.207. The third-order valence-corrected chi connectivity index (χ3v) is 6.17. The number of nitrogens with zero attached hydrogens (tertiary/aromatic N) is 3. The van der Waals surface area contributed by atoms with Crippen LogP contribution in [0.25, 0.3) is 22.5 Å². The van der Waals surface area contributed by atoms with Crippen LogP contribution < -0.4 is 14.8 Å². The molecule has 0 saturated carbocycles. The molecule has 8 heteroatoms. The van der Waals surface area contributed by atoms with E-state index in [-0.39, 0.29) is 5.75 Å². The molecule has 0 aliphatic carbocycles. The number of benzene rings is 3. The van der Waals surface area contributed by atoms with Crippen LogP contribution in [0.5, 0.6) is 17.2 Å². The van der Waals surface area contributed by atoms with Gasteiger partial charge in [-0.25, -0.2) is 9.97 Å². The smallest absolute Gasteiger partial charge is 0.228 e. The maximum absolute atomic E-state index is 9.70. The number of ether oxygens (including phenoxy) is 3. The zero-order valence-electron chi connectivity index (χ0n) is 20.8. The monoisotopic (exact) mass is 498 g/mol. The minimum absolute atomic E-state index is 0.207. The summed E-state index contributed by atoms with van der Waals surface area (Å²) in [6.45, 7) is 5.00. The van der Waals surface area contributed by atoms with E-state index in [4.69, 9.17) is 24.2 Å². The number of hydrogen-bond acceptors (Lipinski definition) is 8. The van der Waals surface area contributed by atoms with E-state index in [0.717, 1.165) is 72.5 Å². The summed E-state index contributed by atoms with van der Waals surface area (Å²) in [6, 6.07) is 24.4. The summed E-state index contributed by atoms with van der Waals surface area (Å²) in [5.74, 6) is 2.27. The normalized spacial score (nSPS) is 13.8. The van der Waals surface area contributed by atoms with Gasteiger partial charge in [0.05, 0.1) is 31.7 Å². The summed E-state index contributed by atoms with van der Waals surface area (Å²) in [7, 11) is 1.64. The molecule has 4 aromatic rings. The highest BCUT2D eigenvalue weighted by Crippen LogP contribution is 2.29. The highest BCUT2D eigenvalue weighted by molar-refractivity contribution is 5.71. The Morgan fingerprint density at radius 1 is 0.838 bits per heavy atom. The maximum Gasteiger partial charge on any atom is 0.228 e. The summed E-state index contributed by atoms with van der Waals surface area (Å²) in [4.78, 5) is 11.8. The van der Waals surface area contributed by atoms with E-state index in [9.17, 15) is 5.11 Å². The summed E-state index contributed by atoms with van der Waals surface area (Å²) < 4.78 is 16.6. The lowest BCUT2D eigenvalue weighted by Crippen LogP contribution is -2.38. The van der Waals surface area contributed by atoms with Gasteiger partial charge in [-0.1, -0.05) is 0 Å². The summed E-state index contributed by atoms with van der Waals surface area (Å²) >= 11 is 0. The van der Waals surface area contributed by atoms with Crippen LogP contribution >= 0.6 is 0 Å². The first-order chi connectivity index (χ1) is 18.2. The lowest BCUT2D eigenvalue weighted by Gasteiger charge is -2.26. The van der Waals surface area contributed by atoms with Crippen molar-refractivity contribution in [3.63, 3.8) is 0 Å². The number of rotatable bonds is 9. The Morgan fingerprint density at radius 2 is 1.43 bits per heavy atom. The molecule has 1 aliphatic heterocycles. The number of anilines is 2. The molecule has 37 heavy (non-hydrogen) atoms. The standard InChI is InChI=1S/C29H30N4O4/c1-35-25-10-4-22(5-11-25)28-20-27(21-2-8-24(34)9-3-21)31-29(32-28)30-23-6-12-26(13-7-23)37-19-16-33-14-17-36-18-15-33/h2-13,20,34H,14-19H2,1H3,(H,30,31,32). The first kappa shape index (κ1) is 24.5. The number of phenolic OH excluding ortho intramolecular Hbond substituents is 1. The van der Waals surface area contributed by atoms with Crippen LogP contribution in [0.3, 0.4) is 0 Å². The van der Waals surface area contributed by atoms with Crippen molar-refractivity contribution in [3.05, 3.63) is 78.9 Å². The van der Waals surface area contributed by atoms with Crippen molar-refractivity contribution in [2.45, 2.75) is 0 Å². The quantitative estimate of drug-likeness (QED) is 0.334. The molecular formula is C29H30N4O4. The summed E-state index contributed by atoms with van der Waals surface area (Å²) in [6.07, 6.45) is 0. The number of nitrogens with one attached hydrogen (secondary N) is 1. The Bertz CT molecular complexity index is 1290. The van der Waals surface area contributed by atoms with E-state index in [0.29, 0.717) is 12.6 Å². The molecule has 1 saturated heterocycles. The molecule has 1 fully saturated rings. The van der Waals surface area contributed by atoms with Gasteiger partial charge in [-0.15, -0.1) is 0 Å². The molecule has 0 spiro atoms. The highest BCUT2D eigenvalue weighted by atomic mass is 16.5. The zero-order valence-corrected chi connectivity index (χ0v) is 20.8. The summed E-state index contributed by atoms with van der Waals surface area (Å²) in [5.41, 5.74) is 4.18. The van der Waals surface area contributed by atoms with Gasteiger partial charge in [0.1, 0.15) is 23.9 Å². The van der Waals surface area contributed by atoms with E-state index >= 15 is 0 Å². The maximum atomic E-state index is 9.70.